The van der Waals surface area contributed by atoms with E-state index in [0.717, 1.165) is 27.8 Å². The number of benzene rings is 1. The molecule has 1 atom stereocenters. The fourth-order valence-electron chi connectivity index (χ4n) is 2.65. The fraction of sp³-hybridized carbons (Fsp3) is 0.333. The fourth-order valence-corrected chi connectivity index (χ4v) is 4.00. The molecule has 1 aromatic carbocycles. The van der Waals surface area contributed by atoms with Gasteiger partial charge in [-0.1, -0.05) is 0 Å². The van der Waals surface area contributed by atoms with E-state index in [2.05, 4.69) is 27.6 Å². The molecule has 1 fully saturated rings. The van der Waals surface area contributed by atoms with Crippen molar-refractivity contribution in [1.29, 1.82) is 0 Å². The van der Waals surface area contributed by atoms with Gasteiger partial charge in [0, 0.05) is 21.7 Å². The molecule has 110 valence electrons. The van der Waals surface area contributed by atoms with Gasteiger partial charge in [-0.2, -0.15) is 0 Å². The lowest BCUT2D eigenvalue weighted by molar-refractivity contribution is 0.0609. The smallest absolute Gasteiger partial charge is 0.255 e. The summed E-state index contributed by atoms with van der Waals surface area (Å²) in [4.78, 5) is 19.0. The van der Waals surface area contributed by atoms with E-state index in [1.807, 2.05) is 10.3 Å². The molecule has 3 nitrogen and oxygen atoms in total. The number of hydrogen-bond acceptors (Lipinski definition) is 3. The first kappa shape index (κ1) is 14.9. The monoisotopic (exact) mass is 416 g/mol. The molecule has 0 spiro atoms. The van der Waals surface area contributed by atoms with Crippen LogP contribution < -0.4 is 0 Å². The Hall–Kier alpha value is -1.02. The Morgan fingerprint density at radius 2 is 2.29 bits per heavy atom. The number of carbonyl (C=O) groups excluding carboxylic acids is 1. The predicted octanol–water partition coefficient (Wildman–Crippen LogP) is 4.25. The van der Waals surface area contributed by atoms with Crippen molar-refractivity contribution in [2.75, 3.05) is 6.54 Å². The number of hydrogen-bond donors (Lipinski definition) is 0. The van der Waals surface area contributed by atoms with E-state index in [4.69, 9.17) is 0 Å². The van der Waals surface area contributed by atoms with Crippen LogP contribution in [-0.4, -0.2) is 22.3 Å². The maximum absolute atomic E-state index is 13.5. The minimum absolute atomic E-state index is 0.0188. The highest BCUT2D eigenvalue weighted by atomic mass is 127. The highest BCUT2D eigenvalue weighted by Gasteiger charge is 2.31. The Kier molecular flexibility index (Phi) is 4.54. The normalized spacial score (nSPS) is 18.8. The second-order valence-corrected chi connectivity index (χ2v) is 7.09. The van der Waals surface area contributed by atoms with Crippen LogP contribution in [0.25, 0.3) is 0 Å². The number of nitrogens with zero attached hydrogens (tertiary/aromatic N) is 2. The maximum Gasteiger partial charge on any atom is 0.255 e. The van der Waals surface area contributed by atoms with Gasteiger partial charge >= 0.3 is 0 Å². The van der Waals surface area contributed by atoms with Crippen LogP contribution in [0.3, 0.4) is 0 Å². The summed E-state index contributed by atoms with van der Waals surface area (Å²) in [5.41, 5.74) is 0.444. The number of likely N-dealkylation sites (tertiary alicyclic amines) is 1. The van der Waals surface area contributed by atoms with E-state index in [-0.39, 0.29) is 17.8 Å². The van der Waals surface area contributed by atoms with Crippen molar-refractivity contribution in [2.45, 2.75) is 25.3 Å². The molecule has 0 aliphatic carbocycles. The van der Waals surface area contributed by atoms with Crippen LogP contribution in [0.2, 0.25) is 0 Å². The Bertz CT molecular complexity index is 647. The van der Waals surface area contributed by atoms with Gasteiger partial charge in [-0.25, -0.2) is 9.37 Å². The molecule has 1 aliphatic heterocycles. The Morgan fingerprint density at radius 1 is 1.43 bits per heavy atom. The van der Waals surface area contributed by atoms with Crippen LogP contribution in [0.4, 0.5) is 4.39 Å². The topological polar surface area (TPSA) is 33.2 Å². The molecule has 1 aromatic heterocycles. The standard InChI is InChI=1S/C15H14FIN2OS/c16-10-4-5-12(17)11(9-10)15(20)19-7-2-1-3-13(19)14-18-6-8-21-14/h4-6,8-9,13H,1-3,7H2. The van der Waals surface area contributed by atoms with Gasteiger partial charge in [-0.3, -0.25) is 4.79 Å². The summed E-state index contributed by atoms with van der Waals surface area (Å²) in [5.74, 6) is -0.472. The second-order valence-electron chi connectivity index (χ2n) is 5.00. The van der Waals surface area contributed by atoms with Crippen LogP contribution in [-0.2, 0) is 0 Å². The lowest BCUT2D eigenvalue weighted by Crippen LogP contribution is -2.38. The minimum Gasteiger partial charge on any atom is -0.329 e. The third kappa shape index (κ3) is 3.11. The molecule has 2 aromatic rings. The second kappa shape index (κ2) is 6.39. The average molecular weight is 416 g/mol. The summed E-state index contributed by atoms with van der Waals surface area (Å²) < 4.78 is 14.2. The summed E-state index contributed by atoms with van der Waals surface area (Å²) in [6.07, 6.45) is 4.77. The zero-order chi connectivity index (χ0) is 14.8. The first-order valence-electron chi connectivity index (χ1n) is 6.82. The maximum atomic E-state index is 13.5. The molecular weight excluding hydrogens is 402 g/mol. The third-order valence-electron chi connectivity index (χ3n) is 3.66. The van der Waals surface area contributed by atoms with Gasteiger partial charge < -0.3 is 4.90 Å². The molecule has 21 heavy (non-hydrogen) atoms. The highest BCUT2D eigenvalue weighted by molar-refractivity contribution is 14.1. The number of aromatic nitrogens is 1. The van der Waals surface area contributed by atoms with Crippen molar-refractivity contribution in [3.63, 3.8) is 0 Å². The summed E-state index contributed by atoms with van der Waals surface area (Å²) in [6.45, 7) is 0.704. The Balaban J connectivity index is 1.93. The molecule has 6 heteroatoms. The molecule has 0 N–H and O–H groups in total. The van der Waals surface area contributed by atoms with Gasteiger partial charge in [-0.15, -0.1) is 11.3 Å². The summed E-state index contributed by atoms with van der Waals surface area (Å²) in [6, 6.07) is 4.38. The number of piperidine rings is 1. The molecule has 1 saturated heterocycles. The molecule has 1 unspecified atom stereocenters. The van der Waals surface area contributed by atoms with Crippen LogP contribution in [0.1, 0.15) is 40.7 Å². The SMILES string of the molecule is O=C(c1cc(F)ccc1I)N1CCCCC1c1nccs1. The zero-order valence-electron chi connectivity index (χ0n) is 11.3. The molecule has 0 saturated carbocycles. The van der Waals surface area contributed by atoms with Crippen molar-refractivity contribution in [1.82, 2.24) is 9.88 Å². The Morgan fingerprint density at radius 3 is 3.05 bits per heavy atom. The van der Waals surface area contributed by atoms with Crippen LogP contribution in [0, 0.1) is 9.39 Å². The van der Waals surface area contributed by atoms with Crippen LogP contribution in [0.5, 0.6) is 0 Å². The van der Waals surface area contributed by atoms with E-state index < -0.39 is 0 Å². The van der Waals surface area contributed by atoms with Crippen molar-refractivity contribution < 1.29 is 9.18 Å². The quantitative estimate of drug-likeness (QED) is 0.686. The van der Waals surface area contributed by atoms with Gasteiger partial charge in [-0.05, 0) is 60.1 Å². The van der Waals surface area contributed by atoms with Crippen molar-refractivity contribution >= 4 is 39.8 Å². The lowest BCUT2D eigenvalue weighted by Gasteiger charge is -2.34. The summed E-state index contributed by atoms with van der Waals surface area (Å²) >= 11 is 3.65. The molecule has 0 radical (unpaired) electrons. The first-order chi connectivity index (χ1) is 10.2. The highest BCUT2D eigenvalue weighted by Crippen LogP contribution is 2.33. The number of carbonyl (C=O) groups is 1. The van der Waals surface area contributed by atoms with E-state index >= 15 is 0 Å². The molecular formula is C15H14FIN2OS. The molecule has 2 heterocycles. The minimum atomic E-state index is -0.374. The van der Waals surface area contributed by atoms with Gasteiger partial charge in [0.25, 0.3) is 5.91 Å². The van der Waals surface area contributed by atoms with Crippen molar-refractivity contribution in [2.24, 2.45) is 0 Å². The molecule has 3 rings (SSSR count). The summed E-state index contributed by atoms with van der Waals surface area (Å²) in [7, 11) is 0. The molecule has 1 aliphatic rings. The lowest BCUT2D eigenvalue weighted by atomic mass is 10.0. The number of rotatable bonds is 2. The molecule has 1 amide bonds. The third-order valence-corrected chi connectivity index (χ3v) is 5.48. The predicted molar refractivity (Wildman–Crippen MR) is 88.9 cm³/mol. The van der Waals surface area contributed by atoms with E-state index in [0.29, 0.717) is 12.1 Å². The number of thiazole rings is 1. The van der Waals surface area contributed by atoms with Crippen LogP contribution >= 0.6 is 33.9 Å². The van der Waals surface area contributed by atoms with E-state index in [9.17, 15) is 9.18 Å². The van der Waals surface area contributed by atoms with E-state index in [1.54, 1.807) is 23.6 Å². The van der Waals surface area contributed by atoms with Crippen LogP contribution in [0.15, 0.2) is 29.8 Å². The van der Waals surface area contributed by atoms with E-state index in [1.165, 1.54) is 12.1 Å². The van der Waals surface area contributed by atoms with Crippen molar-refractivity contribution in [3.05, 3.63) is 49.7 Å². The zero-order valence-corrected chi connectivity index (χ0v) is 14.2. The number of amides is 1. The van der Waals surface area contributed by atoms with Gasteiger partial charge in [0.2, 0.25) is 0 Å². The summed E-state index contributed by atoms with van der Waals surface area (Å²) in [5, 5.41) is 2.90. The largest absolute Gasteiger partial charge is 0.329 e. The van der Waals surface area contributed by atoms with Gasteiger partial charge in [0.15, 0.2) is 0 Å². The van der Waals surface area contributed by atoms with Gasteiger partial charge in [0.1, 0.15) is 10.8 Å². The number of halogens is 2. The molecule has 0 bridgehead atoms. The Labute approximate surface area is 140 Å². The van der Waals surface area contributed by atoms with Gasteiger partial charge in [0.05, 0.1) is 11.6 Å². The first-order valence-corrected chi connectivity index (χ1v) is 8.78. The average Bonchev–Trinajstić information content (AvgIpc) is 3.03. The van der Waals surface area contributed by atoms with Crippen molar-refractivity contribution in [3.8, 4) is 0 Å².